The predicted octanol–water partition coefficient (Wildman–Crippen LogP) is 4.25. The molecule has 0 aliphatic carbocycles. The third-order valence-electron chi connectivity index (χ3n) is 5.20. The molecule has 1 heterocycles. The van der Waals surface area contributed by atoms with Crippen LogP contribution in [-0.2, 0) is 10.3 Å². The number of likely N-dealkylation sites (tertiary alicyclic amines) is 1. The Kier molecular flexibility index (Phi) is 5.59. The Hall–Kier alpha value is -1.55. The summed E-state index contributed by atoms with van der Waals surface area (Å²) >= 11 is 0. The standard InChI is InChI=1S/C20H32N2O2/c1-16(21(6)18(23)24-19(2,3)4)20(5,22-14-10-11-15-22)17-12-8-7-9-13-17/h7-9,12-13,16H,10-11,14-15H2,1-6H3/t16-,20+/m1/s1. The van der Waals surface area contributed by atoms with Crippen molar-refractivity contribution in [3.63, 3.8) is 0 Å². The van der Waals surface area contributed by atoms with Crippen LogP contribution in [0.25, 0.3) is 0 Å². The van der Waals surface area contributed by atoms with Crippen LogP contribution in [0.5, 0.6) is 0 Å². The Bertz CT molecular complexity index is 547. The summed E-state index contributed by atoms with van der Waals surface area (Å²) in [5.41, 5.74) is 0.528. The number of amides is 1. The molecule has 1 aromatic carbocycles. The van der Waals surface area contributed by atoms with E-state index in [1.54, 1.807) is 4.90 Å². The minimum atomic E-state index is -0.484. The van der Waals surface area contributed by atoms with Gasteiger partial charge in [-0.15, -0.1) is 0 Å². The topological polar surface area (TPSA) is 32.8 Å². The van der Waals surface area contributed by atoms with Crippen LogP contribution in [0.1, 0.15) is 53.0 Å². The first kappa shape index (κ1) is 18.8. The van der Waals surface area contributed by atoms with Crippen LogP contribution in [0.15, 0.2) is 30.3 Å². The summed E-state index contributed by atoms with van der Waals surface area (Å²) in [7, 11) is 1.84. The summed E-state index contributed by atoms with van der Waals surface area (Å²) in [5, 5.41) is 0. The van der Waals surface area contributed by atoms with E-state index in [-0.39, 0.29) is 17.7 Å². The maximum atomic E-state index is 12.6. The number of likely N-dealkylation sites (N-methyl/N-ethyl adjacent to an activating group) is 1. The predicted molar refractivity (Wildman–Crippen MR) is 98.1 cm³/mol. The molecule has 2 rings (SSSR count). The number of nitrogens with zero attached hydrogens (tertiary/aromatic N) is 2. The van der Waals surface area contributed by atoms with Gasteiger partial charge in [-0.2, -0.15) is 0 Å². The second-order valence-corrected chi connectivity index (χ2v) is 7.97. The summed E-state index contributed by atoms with van der Waals surface area (Å²) in [6.07, 6.45) is 2.16. The summed E-state index contributed by atoms with van der Waals surface area (Å²) in [5.74, 6) is 0. The molecule has 0 unspecified atom stereocenters. The molecule has 1 amide bonds. The molecule has 0 bridgehead atoms. The normalized spacial score (nSPS) is 19.6. The molecule has 134 valence electrons. The van der Waals surface area contributed by atoms with Crippen molar-refractivity contribution in [3.05, 3.63) is 35.9 Å². The Morgan fingerprint density at radius 2 is 1.67 bits per heavy atom. The van der Waals surface area contributed by atoms with Gasteiger partial charge in [-0.05, 0) is 66.1 Å². The van der Waals surface area contributed by atoms with E-state index in [4.69, 9.17) is 4.74 Å². The average molecular weight is 332 g/mol. The van der Waals surface area contributed by atoms with E-state index in [9.17, 15) is 4.79 Å². The second kappa shape index (κ2) is 7.14. The van der Waals surface area contributed by atoms with Crippen LogP contribution in [-0.4, -0.2) is 47.7 Å². The third-order valence-corrected chi connectivity index (χ3v) is 5.20. The van der Waals surface area contributed by atoms with E-state index in [1.165, 1.54) is 18.4 Å². The van der Waals surface area contributed by atoms with Crippen molar-refractivity contribution in [2.45, 2.75) is 64.6 Å². The van der Waals surface area contributed by atoms with Crippen LogP contribution >= 0.6 is 0 Å². The molecular weight excluding hydrogens is 300 g/mol. The molecule has 0 aromatic heterocycles. The van der Waals surface area contributed by atoms with Gasteiger partial charge in [-0.3, -0.25) is 4.90 Å². The molecule has 1 aliphatic rings. The molecule has 0 spiro atoms. The fraction of sp³-hybridized carbons (Fsp3) is 0.650. The molecule has 0 radical (unpaired) electrons. The van der Waals surface area contributed by atoms with E-state index in [2.05, 4.69) is 43.0 Å². The number of carbonyl (C=O) groups is 1. The number of hydrogen-bond donors (Lipinski definition) is 0. The molecule has 0 N–H and O–H groups in total. The van der Waals surface area contributed by atoms with Crippen LogP contribution in [0.3, 0.4) is 0 Å². The molecular formula is C20H32N2O2. The lowest BCUT2D eigenvalue weighted by atomic mass is 9.83. The Morgan fingerprint density at radius 1 is 1.12 bits per heavy atom. The van der Waals surface area contributed by atoms with Gasteiger partial charge in [0.1, 0.15) is 5.60 Å². The average Bonchev–Trinajstić information content (AvgIpc) is 3.06. The maximum Gasteiger partial charge on any atom is 0.410 e. The minimum absolute atomic E-state index is 0.00662. The molecule has 1 aromatic rings. The zero-order chi connectivity index (χ0) is 18.0. The highest BCUT2D eigenvalue weighted by Gasteiger charge is 2.43. The second-order valence-electron chi connectivity index (χ2n) is 7.97. The largest absolute Gasteiger partial charge is 0.444 e. The molecule has 2 atom stereocenters. The zero-order valence-corrected chi connectivity index (χ0v) is 16.0. The fourth-order valence-electron chi connectivity index (χ4n) is 3.51. The number of ether oxygens (including phenoxy) is 1. The van der Waals surface area contributed by atoms with Gasteiger partial charge >= 0.3 is 6.09 Å². The summed E-state index contributed by atoms with van der Waals surface area (Å²) in [4.78, 5) is 16.8. The van der Waals surface area contributed by atoms with Crippen molar-refractivity contribution >= 4 is 6.09 Å². The van der Waals surface area contributed by atoms with Crippen LogP contribution in [0.4, 0.5) is 4.79 Å². The highest BCUT2D eigenvalue weighted by Crippen LogP contribution is 2.37. The van der Waals surface area contributed by atoms with Gasteiger partial charge in [-0.25, -0.2) is 4.79 Å². The minimum Gasteiger partial charge on any atom is -0.444 e. The highest BCUT2D eigenvalue weighted by molar-refractivity contribution is 5.68. The molecule has 0 saturated carbocycles. The van der Waals surface area contributed by atoms with Gasteiger partial charge < -0.3 is 9.64 Å². The van der Waals surface area contributed by atoms with E-state index >= 15 is 0 Å². The first-order valence-electron chi connectivity index (χ1n) is 8.92. The van der Waals surface area contributed by atoms with Crippen molar-refractivity contribution in [2.24, 2.45) is 0 Å². The number of hydrogen-bond acceptors (Lipinski definition) is 3. The SMILES string of the molecule is C[C@@H](N(C)C(=O)OC(C)(C)C)[C@@](C)(c1ccccc1)N1CCCC1. The smallest absolute Gasteiger partial charge is 0.410 e. The van der Waals surface area contributed by atoms with Crippen molar-refractivity contribution < 1.29 is 9.53 Å². The van der Waals surface area contributed by atoms with Crippen molar-refractivity contribution in [2.75, 3.05) is 20.1 Å². The third kappa shape index (κ3) is 3.92. The molecule has 1 aliphatic heterocycles. The molecule has 4 heteroatoms. The van der Waals surface area contributed by atoms with Gasteiger partial charge in [0, 0.05) is 7.05 Å². The first-order chi connectivity index (χ1) is 11.2. The van der Waals surface area contributed by atoms with Gasteiger partial charge in [-0.1, -0.05) is 30.3 Å². The molecule has 24 heavy (non-hydrogen) atoms. The van der Waals surface area contributed by atoms with Gasteiger partial charge in [0.2, 0.25) is 0 Å². The monoisotopic (exact) mass is 332 g/mol. The van der Waals surface area contributed by atoms with Crippen molar-refractivity contribution in [1.82, 2.24) is 9.80 Å². The Morgan fingerprint density at radius 3 is 2.17 bits per heavy atom. The van der Waals surface area contributed by atoms with E-state index in [0.29, 0.717) is 0 Å². The highest BCUT2D eigenvalue weighted by atomic mass is 16.6. The van der Waals surface area contributed by atoms with E-state index < -0.39 is 5.60 Å². The summed E-state index contributed by atoms with van der Waals surface area (Å²) in [6, 6.07) is 10.5. The molecule has 4 nitrogen and oxygen atoms in total. The molecule has 1 fully saturated rings. The van der Waals surface area contributed by atoms with Crippen molar-refractivity contribution in [1.29, 1.82) is 0 Å². The number of benzene rings is 1. The van der Waals surface area contributed by atoms with Crippen LogP contribution in [0, 0.1) is 0 Å². The summed E-state index contributed by atoms with van der Waals surface area (Å²) in [6.45, 7) is 12.2. The Balaban J connectivity index is 2.31. The quantitative estimate of drug-likeness (QED) is 0.826. The summed E-state index contributed by atoms with van der Waals surface area (Å²) < 4.78 is 5.58. The van der Waals surface area contributed by atoms with Gasteiger partial charge in [0.05, 0.1) is 11.6 Å². The fourth-order valence-corrected chi connectivity index (χ4v) is 3.51. The van der Waals surface area contributed by atoms with Gasteiger partial charge in [0.25, 0.3) is 0 Å². The van der Waals surface area contributed by atoms with Gasteiger partial charge in [0.15, 0.2) is 0 Å². The van der Waals surface area contributed by atoms with Crippen LogP contribution in [0.2, 0.25) is 0 Å². The van der Waals surface area contributed by atoms with Crippen LogP contribution < -0.4 is 0 Å². The lowest BCUT2D eigenvalue weighted by Crippen LogP contribution is -2.57. The van der Waals surface area contributed by atoms with Crippen molar-refractivity contribution in [3.8, 4) is 0 Å². The molecule has 1 saturated heterocycles. The number of rotatable bonds is 4. The first-order valence-corrected chi connectivity index (χ1v) is 8.92. The van der Waals surface area contributed by atoms with E-state index in [0.717, 1.165) is 13.1 Å². The Labute approximate surface area is 146 Å². The maximum absolute atomic E-state index is 12.6. The number of carbonyl (C=O) groups excluding carboxylic acids is 1. The lowest BCUT2D eigenvalue weighted by Gasteiger charge is -2.47. The lowest BCUT2D eigenvalue weighted by molar-refractivity contribution is -0.00542. The zero-order valence-electron chi connectivity index (χ0n) is 16.0. The van der Waals surface area contributed by atoms with E-state index in [1.807, 2.05) is 33.9 Å².